The van der Waals surface area contributed by atoms with Crippen LogP contribution in [0.15, 0.2) is 50.4 Å². The van der Waals surface area contributed by atoms with E-state index in [2.05, 4.69) is 26.5 Å². The number of phenolic OH excluding ortho intramolecular Hbond substituents is 1. The van der Waals surface area contributed by atoms with E-state index in [1.165, 1.54) is 12.3 Å². The minimum Gasteiger partial charge on any atom is -0.505 e. The van der Waals surface area contributed by atoms with Crippen LogP contribution in [0.5, 0.6) is 11.5 Å². The van der Waals surface area contributed by atoms with Crippen LogP contribution < -0.4 is 10.2 Å². The molecule has 134 valence electrons. The Morgan fingerprint density at radius 3 is 2.92 bits per heavy atom. The molecule has 0 atom stereocenters. The molecule has 0 aliphatic carbocycles. The molecule has 2 aromatic carbocycles. The molecule has 0 saturated carbocycles. The Hall–Kier alpha value is -2.51. The van der Waals surface area contributed by atoms with Gasteiger partial charge in [0, 0.05) is 5.39 Å². The van der Waals surface area contributed by atoms with Gasteiger partial charge in [0.25, 0.3) is 0 Å². The van der Waals surface area contributed by atoms with E-state index in [9.17, 15) is 9.90 Å². The first-order chi connectivity index (χ1) is 12.5. The van der Waals surface area contributed by atoms with Gasteiger partial charge in [-0.1, -0.05) is 11.6 Å². The molecule has 0 fully saturated rings. The number of phenols is 1. The summed E-state index contributed by atoms with van der Waals surface area (Å²) in [6, 6.07) is 10.1. The van der Waals surface area contributed by atoms with Gasteiger partial charge in [0.05, 0.1) is 22.3 Å². The summed E-state index contributed by atoms with van der Waals surface area (Å²) in [6.45, 7) is 2.46. The summed E-state index contributed by atoms with van der Waals surface area (Å²) < 4.78 is 11.4. The first kappa shape index (κ1) is 18.3. The Labute approximate surface area is 162 Å². The van der Waals surface area contributed by atoms with Gasteiger partial charge in [0.1, 0.15) is 17.1 Å². The fourth-order valence-corrected chi connectivity index (χ4v) is 3.09. The number of fused-ring (bicyclic) bond motifs is 1. The van der Waals surface area contributed by atoms with Gasteiger partial charge < -0.3 is 14.3 Å². The number of hydrogen-bond donors (Lipinski definition) is 2. The molecule has 0 saturated heterocycles. The lowest BCUT2D eigenvalue weighted by atomic mass is 10.2. The van der Waals surface area contributed by atoms with E-state index in [1.54, 1.807) is 30.3 Å². The first-order valence-electron chi connectivity index (χ1n) is 7.65. The molecule has 2 N–H and O–H groups in total. The third-order valence-corrected chi connectivity index (χ3v) is 4.33. The van der Waals surface area contributed by atoms with Crippen LogP contribution >= 0.6 is 27.5 Å². The lowest BCUT2D eigenvalue weighted by Gasteiger charge is -2.01. The molecule has 1 heterocycles. The third kappa shape index (κ3) is 4.00. The highest BCUT2D eigenvalue weighted by Gasteiger charge is 2.12. The zero-order chi connectivity index (χ0) is 18.7. The van der Waals surface area contributed by atoms with Crippen molar-refractivity contribution in [3.05, 3.63) is 57.2 Å². The van der Waals surface area contributed by atoms with E-state index in [1.807, 2.05) is 6.92 Å². The second kappa shape index (κ2) is 7.80. The van der Waals surface area contributed by atoms with Gasteiger partial charge in [-0.05, 0) is 64.8 Å². The van der Waals surface area contributed by atoms with Crippen LogP contribution in [-0.4, -0.2) is 23.8 Å². The number of halogens is 2. The van der Waals surface area contributed by atoms with Crippen LogP contribution in [0.2, 0.25) is 5.02 Å². The molecule has 0 spiro atoms. The molecular weight excluding hydrogens is 424 g/mol. The van der Waals surface area contributed by atoms with E-state index in [-0.39, 0.29) is 16.5 Å². The number of hydrogen-bond acceptors (Lipinski definition) is 5. The van der Waals surface area contributed by atoms with Gasteiger partial charge in [0.2, 0.25) is 0 Å². The molecular formula is C18H14BrClN2O4. The first-order valence-corrected chi connectivity index (χ1v) is 8.83. The maximum absolute atomic E-state index is 12.2. The molecule has 6 nitrogen and oxygen atoms in total. The van der Waals surface area contributed by atoms with Crippen molar-refractivity contribution in [1.82, 2.24) is 5.43 Å². The number of nitrogens with one attached hydrogen (secondary N) is 1. The molecule has 1 amide bonds. The Kier molecular flexibility index (Phi) is 5.49. The standard InChI is InChI=1S/C18H14BrClN2O4/c1-2-25-12-3-4-15-11(7-12)8-16(26-15)18(24)22-21-9-10-5-13(19)17(23)14(20)6-10/h3-9,23H,2H2,1H3,(H,22,24)/b21-9+. The van der Waals surface area contributed by atoms with Crippen LogP contribution in [-0.2, 0) is 0 Å². The fourth-order valence-electron chi connectivity index (χ4n) is 2.27. The van der Waals surface area contributed by atoms with Gasteiger partial charge in [-0.3, -0.25) is 4.79 Å². The monoisotopic (exact) mass is 436 g/mol. The van der Waals surface area contributed by atoms with Gasteiger partial charge in [-0.25, -0.2) is 5.43 Å². The van der Waals surface area contributed by atoms with Gasteiger partial charge in [-0.2, -0.15) is 5.10 Å². The molecule has 26 heavy (non-hydrogen) atoms. The number of rotatable bonds is 5. The number of furan rings is 1. The smallest absolute Gasteiger partial charge is 0.307 e. The number of hydrazone groups is 1. The number of carbonyl (C=O) groups excluding carboxylic acids is 1. The van der Waals surface area contributed by atoms with Crippen molar-refractivity contribution in [2.75, 3.05) is 6.61 Å². The average Bonchev–Trinajstić information content (AvgIpc) is 3.03. The van der Waals surface area contributed by atoms with Crippen LogP contribution in [0.25, 0.3) is 11.0 Å². The molecule has 0 aliphatic heterocycles. The highest BCUT2D eigenvalue weighted by molar-refractivity contribution is 9.10. The van der Waals surface area contributed by atoms with E-state index in [0.29, 0.717) is 28.0 Å². The van der Waals surface area contributed by atoms with Gasteiger partial charge in [0.15, 0.2) is 5.76 Å². The van der Waals surface area contributed by atoms with Crippen LogP contribution in [0.4, 0.5) is 0 Å². The number of benzene rings is 2. The molecule has 0 aliphatic rings. The SMILES string of the molecule is CCOc1ccc2oc(C(=O)N/N=C/c3cc(Cl)c(O)c(Br)c3)cc2c1. The number of amides is 1. The summed E-state index contributed by atoms with van der Waals surface area (Å²) in [4.78, 5) is 12.2. The largest absolute Gasteiger partial charge is 0.505 e. The van der Waals surface area contributed by atoms with Crippen LogP contribution in [0.1, 0.15) is 23.0 Å². The Balaban J connectivity index is 1.72. The zero-order valence-electron chi connectivity index (χ0n) is 13.6. The van der Waals surface area contributed by atoms with Crippen molar-refractivity contribution in [1.29, 1.82) is 0 Å². The highest BCUT2D eigenvalue weighted by Crippen LogP contribution is 2.32. The molecule has 3 aromatic rings. The molecule has 3 rings (SSSR count). The lowest BCUT2D eigenvalue weighted by Crippen LogP contribution is -2.16. The number of ether oxygens (including phenoxy) is 1. The topological polar surface area (TPSA) is 84.1 Å². The molecule has 8 heteroatoms. The third-order valence-electron chi connectivity index (χ3n) is 3.44. The lowest BCUT2D eigenvalue weighted by molar-refractivity contribution is 0.0929. The van der Waals surface area contributed by atoms with Crippen molar-refractivity contribution in [3.8, 4) is 11.5 Å². The predicted octanol–water partition coefficient (Wildman–Crippen LogP) is 4.72. The van der Waals surface area contributed by atoms with E-state index < -0.39 is 5.91 Å². The second-order valence-corrected chi connectivity index (χ2v) is 6.54. The van der Waals surface area contributed by atoms with Crippen molar-refractivity contribution >= 4 is 50.6 Å². The van der Waals surface area contributed by atoms with Gasteiger partial charge in [-0.15, -0.1) is 0 Å². The molecule has 0 bridgehead atoms. The molecule has 0 radical (unpaired) electrons. The van der Waals surface area contributed by atoms with Gasteiger partial charge >= 0.3 is 5.91 Å². The Morgan fingerprint density at radius 1 is 1.38 bits per heavy atom. The molecule has 0 unspecified atom stereocenters. The summed E-state index contributed by atoms with van der Waals surface area (Å²) in [6.07, 6.45) is 1.41. The zero-order valence-corrected chi connectivity index (χ0v) is 16.0. The summed E-state index contributed by atoms with van der Waals surface area (Å²) in [5.41, 5.74) is 3.57. The van der Waals surface area contributed by atoms with E-state index >= 15 is 0 Å². The summed E-state index contributed by atoms with van der Waals surface area (Å²) in [5.74, 6) is 0.303. The quantitative estimate of drug-likeness (QED) is 0.447. The number of carbonyl (C=O) groups is 1. The van der Waals surface area contributed by atoms with E-state index in [0.717, 1.165) is 5.39 Å². The van der Waals surface area contributed by atoms with Crippen molar-refractivity contribution in [3.63, 3.8) is 0 Å². The summed E-state index contributed by atoms with van der Waals surface area (Å²) in [7, 11) is 0. The Bertz CT molecular complexity index is 977. The minimum absolute atomic E-state index is 0.0541. The van der Waals surface area contributed by atoms with Crippen molar-refractivity contribution in [2.24, 2.45) is 5.10 Å². The maximum Gasteiger partial charge on any atom is 0.307 e. The number of nitrogens with zero attached hydrogens (tertiary/aromatic N) is 1. The van der Waals surface area contributed by atoms with Crippen LogP contribution in [0, 0.1) is 0 Å². The Morgan fingerprint density at radius 2 is 2.19 bits per heavy atom. The van der Waals surface area contributed by atoms with Crippen LogP contribution in [0.3, 0.4) is 0 Å². The van der Waals surface area contributed by atoms with E-state index in [4.69, 9.17) is 20.8 Å². The normalized spacial score (nSPS) is 11.2. The fraction of sp³-hybridized carbons (Fsp3) is 0.111. The average molecular weight is 438 g/mol. The predicted molar refractivity (Wildman–Crippen MR) is 103 cm³/mol. The summed E-state index contributed by atoms with van der Waals surface area (Å²) >= 11 is 9.06. The number of aromatic hydroxyl groups is 1. The highest BCUT2D eigenvalue weighted by atomic mass is 79.9. The van der Waals surface area contributed by atoms with Crippen molar-refractivity contribution in [2.45, 2.75) is 6.92 Å². The minimum atomic E-state index is -0.487. The molecule has 1 aromatic heterocycles. The summed E-state index contributed by atoms with van der Waals surface area (Å²) in [5, 5.41) is 14.4. The maximum atomic E-state index is 12.2. The van der Waals surface area contributed by atoms with Crippen molar-refractivity contribution < 1.29 is 19.1 Å². The second-order valence-electron chi connectivity index (χ2n) is 5.28.